The van der Waals surface area contributed by atoms with Gasteiger partial charge in [0.25, 0.3) is 0 Å². The second-order valence-corrected chi connectivity index (χ2v) is 13.6. The van der Waals surface area contributed by atoms with E-state index in [0.717, 1.165) is 25.7 Å². The molecule has 9 atom stereocenters. The molecule has 0 unspecified atom stereocenters. The van der Waals surface area contributed by atoms with Crippen molar-refractivity contribution in [3.63, 3.8) is 0 Å². The van der Waals surface area contributed by atoms with Gasteiger partial charge in [-0.15, -0.1) is 0 Å². The smallest absolute Gasteiger partial charge is 0.0614 e. The van der Waals surface area contributed by atoms with E-state index in [1.165, 1.54) is 19.3 Å². The van der Waals surface area contributed by atoms with Gasteiger partial charge in [-0.2, -0.15) is 0 Å². The highest BCUT2D eigenvalue weighted by molar-refractivity contribution is 5.36. The summed E-state index contributed by atoms with van der Waals surface area (Å²) < 4.78 is 0. The number of aliphatic hydroxyl groups is 2. The molecule has 0 spiro atoms. The van der Waals surface area contributed by atoms with Crippen LogP contribution in [0.2, 0.25) is 0 Å². The van der Waals surface area contributed by atoms with Gasteiger partial charge in [-0.25, -0.2) is 0 Å². The van der Waals surface area contributed by atoms with Gasteiger partial charge in [0, 0.05) is 5.92 Å². The maximum atomic E-state index is 11.4. The first-order valence-electron chi connectivity index (χ1n) is 13.6. The van der Waals surface area contributed by atoms with Crippen molar-refractivity contribution >= 4 is 0 Å². The molecule has 2 saturated carbocycles. The van der Waals surface area contributed by atoms with Crippen LogP contribution in [0, 0.1) is 51.8 Å². The number of rotatable bonds is 4. The highest BCUT2D eigenvalue weighted by Gasteiger charge is 2.61. The van der Waals surface area contributed by atoms with E-state index in [2.05, 4.69) is 67.5 Å². The summed E-state index contributed by atoms with van der Waals surface area (Å²) in [6, 6.07) is 0. The number of fused-ring (bicyclic) bond motifs is 4. The lowest BCUT2D eigenvalue weighted by Gasteiger charge is -2.60. The Morgan fingerprint density at radius 1 is 0.906 bits per heavy atom. The molecule has 0 saturated heterocycles. The van der Waals surface area contributed by atoms with Crippen LogP contribution >= 0.6 is 0 Å². The summed E-state index contributed by atoms with van der Waals surface area (Å²) >= 11 is 0. The molecule has 4 rings (SSSR count). The Labute approximate surface area is 198 Å². The molecule has 0 aromatic carbocycles. The highest BCUT2D eigenvalue weighted by Crippen LogP contribution is 2.67. The van der Waals surface area contributed by atoms with E-state index in [9.17, 15) is 10.2 Å². The minimum atomic E-state index is -0.198. The molecule has 0 aromatic rings. The van der Waals surface area contributed by atoms with Gasteiger partial charge in [0.2, 0.25) is 0 Å². The van der Waals surface area contributed by atoms with Crippen molar-refractivity contribution in [2.75, 3.05) is 0 Å². The van der Waals surface area contributed by atoms with Crippen molar-refractivity contribution in [3.05, 3.63) is 23.3 Å². The number of allylic oxidation sites excluding steroid dienone is 3. The lowest BCUT2D eigenvalue weighted by molar-refractivity contribution is -0.0940. The summed E-state index contributed by atoms with van der Waals surface area (Å²) in [6.07, 6.45) is 12.2. The van der Waals surface area contributed by atoms with Gasteiger partial charge >= 0.3 is 0 Å². The number of hydrogen-bond acceptors (Lipinski definition) is 2. The van der Waals surface area contributed by atoms with Crippen LogP contribution in [-0.4, -0.2) is 22.4 Å². The average molecular weight is 443 g/mol. The van der Waals surface area contributed by atoms with Crippen LogP contribution in [0.15, 0.2) is 23.3 Å². The molecule has 0 bridgehead atoms. The Kier molecular flexibility index (Phi) is 6.33. The molecule has 4 aliphatic carbocycles. The van der Waals surface area contributed by atoms with E-state index in [4.69, 9.17) is 0 Å². The summed E-state index contributed by atoms with van der Waals surface area (Å²) in [7, 11) is 0. The van der Waals surface area contributed by atoms with Gasteiger partial charge in [-0.3, -0.25) is 0 Å². The second kappa shape index (κ2) is 8.26. The molecule has 0 heterocycles. The second-order valence-electron chi connectivity index (χ2n) is 13.6. The van der Waals surface area contributed by atoms with Crippen molar-refractivity contribution in [2.45, 2.75) is 113 Å². The lowest BCUT2D eigenvalue weighted by atomic mass is 9.45. The van der Waals surface area contributed by atoms with Crippen LogP contribution in [0.1, 0.15) is 100 Å². The maximum Gasteiger partial charge on any atom is 0.0614 e. The van der Waals surface area contributed by atoms with Crippen molar-refractivity contribution in [3.8, 4) is 0 Å². The lowest BCUT2D eigenvalue weighted by Crippen LogP contribution is -2.54. The van der Waals surface area contributed by atoms with Gasteiger partial charge in [-0.05, 0) is 90.8 Å². The minimum absolute atomic E-state index is 0.0183. The van der Waals surface area contributed by atoms with Crippen molar-refractivity contribution < 1.29 is 10.2 Å². The highest BCUT2D eigenvalue weighted by atomic mass is 16.3. The third-order valence-corrected chi connectivity index (χ3v) is 11.4. The molecule has 0 amide bonds. The zero-order valence-corrected chi connectivity index (χ0v) is 22.1. The summed E-state index contributed by atoms with van der Waals surface area (Å²) in [5.41, 5.74) is 3.71. The fourth-order valence-electron chi connectivity index (χ4n) is 8.92. The van der Waals surface area contributed by atoms with Crippen LogP contribution < -0.4 is 0 Å². The van der Waals surface area contributed by atoms with Crippen LogP contribution in [-0.2, 0) is 0 Å². The fraction of sp³-hybridized carbons (Fsp3) is 0.867. The monoisotopic (exact) mass is 442 g/mol. The van der Waals surface area contributed by atoms with Gasteiger partial charge in [0.05, 0.1) is 12.2 Å². The summed E-state index contributed by atoms with van der Waals surface area (Å²) in [5, 5.41) is 22.2. The Bertz CT molecular complexity index is 776. The van der Waals surface area contributed by atoms with E-state index >= 15 is 0 Å². The topological polar surface area (TPSA) is 40.5 Å². The predicted octanol–water partition coefficient (Wildman–Crippen LogP) is 7.16. The first kappa shape index (κ1) is 24.5. The summed E-state index contributed by atoms with van der Waals surface area (Å²) in [6.45, 7) is 18.9. The number of hydrogen-bond donors (Lipinski definition) is 2. The molecule has 2 nitrogen and oxygen atoms in total. The molecule has 2 heteroatoms. The van der Waals surface area contributed by atoms with Gasteiger partial charge < -0.3 is 10.2 Å². The number of aliphatic hydroxyl groups excluding tert-OH is 2. The molecule has 0 radical (unpaired) electrons. The Morgan fingerprint density at radius 2 is 1.59 bits per heavy atom. The van der Waals surface area contributed by atoms with Crippen LogP contribution in [0.5, 0.6) is 0 Å². The molecular weight excluding hydrogens is 392 g/mol. The Morgan fingerprint density at radius 3 is 2.25 bits per heavy atom. The van der Waals surface area contributed by atoms with E-state index in [-0.39, 0.29) is 28.5 Å². The molecule has 2 N–H and O–H groups in total. The Balaban J connectivity index is 1.65. The summed E-state index contributed by atoms with van der Waals surface area (Å²) in [5.74, 6) is 3.24. The van der Waals surface area contributed by atoms with Crippen LogP contribution in [0.3, 0.4) is 0 Å². The van der Waals surface area contributed by atoms with E-state index in [1.807, 2.05) is 0 Å². The molecular formula is C30H50O2. The SMILES string of the molecule is CC(C)[C@@H](C)/C=C/[C@@H](C)[C@H]1C[C@H](O)[C@@H]2C3=C(CC[C@]12C)[C@@]1(C)CC[C@H](O)C(C)(C)[C@@H]1CC3. The largest absolute Gasteiger partial charge is 0.393 e. The predicted molar refractivity (Wildman–Crippen MR) is 134 cm³/mol. The molecule has 0 aliphatic heterocycles. The maximum absolute atomic E-state index is 11.4. The summed E-state index contributed by atoms with van der Waals surface area (Å²) in [4.78, 5) is 0. The van der Waals surface area contributed by atoms with E-state index < -0.39 is 0 Å². The molecule has 32 heavy (non-hydrogen) atoms. The third kappa shape index (κ3) is 3.58. The first-order valence-corrected chi connectivity index (χ1v) is 13.6. The standard InChI is InChI=1S/C30H50O2/c1-18(2)19(3)9-10-20(4)23-17-24(31)27-21-11-12-25-28(5,6)26(32)14-16-29(25,7)22(21)13-15-30(23,27)8/h9-10,18-20,23-27,31-32H,11-17H2,1-8H3/b10-9+/t19-,20+,23+,24-,25-,26-,27-,29+,30+/m0/s1. The first-order chi connectivity index (χ1) is 14.8. The van der Waals surface area contributed by atoms with Gasteiger partial charge in [0.1, 0.15) is 0 Å². The minimum Gasteiger partial charge on any atom is -0.393 e. The van der Waals surface area contributed by atoms with Crippen molar-refractivity contribution in [1.29, 1.82) is 0 Å². The molecule has 182 valence electrons. The van der Waals surface area contributed by atoms with Crippen molar-refractivity contribution in [2.24, 2.45) is 51.8 Å². The molecule has 0 aromatic heterocycles. The normalized spacial score (nSPS) is 45.5. The van der Waals surface area contributed by atoms with Crippen LogP contribution in [0.4, 0.5) is 0 Å². The quantitative estimate of drug-likeness (QED) is 0.453. The van der Waals surface area contributed by atoms with Crippen LogP contribution in [0.25, 0.3) is 0 Å². The molecule has 4 aliphatic rings. The van der Waals surface area contributed by atoms with E-state index in [0.29, 0.717) is 35.5 Å². The fourth-order valence-corrected chi connectivity index (χ4v) is 8.92. The van der Waals surface area contributed by atoms with Gasteiger partial charge in [-0.1, -0.05) is 78.7 Å². The zero-order valence-electron chi connectivity index (χ0n) is 22.1. The van der Waals surface area contributed by atoms with Gasteiger partial charge in [0.15, 0.2) is 0 Å². The average Bonchev–Trinajstić information content (AvgIpc) is 3.00. The Hall–Kier alpha value is -0.600. The van der Waals surface area contributed by atoms with Crippen molar-refractivity contribution in [1.82, 2.24) is 0 Å². The van der Waals surface area contributed by atoms with E-state index in [1.54, 1.807) is 11.1 Å². The molecule has 2 fully saturated rings. The third-order valence-electron chi connectivity index (χ3n) is 11.4. The zero-order chi connectivity index (χ0) is 23.6.